The van der Waals surface area contributed by atoms with E-state index in [1.165, 1.54) is 25.3 Å². The van der Waals surface area contributed by atoms with E-state index in [4.69, 9.17) is 20.2 Å². The molecule has 0 aliphatic heterocycles. The smallest absolute Gasteiger partial charge is 0.310 e. The van der Waals surface area contributed by atoms with E-state index in [1.54, 1.807) is 0 Å². The van der Waals surface area contributed by atoms with Crippen molar-refractivity contribution in [3.8, 4) is 5.75 Å². The molecule has 0 unspecified atom stereocenters. The first-order valence-electron chi connectivity index (χ1n) is 5.65. The molecule has 0 N–H and O–H groups in total. The second kappa shape index (κ2) is 6.77. The molecule has 7 heteroatoms. The number of rotatable bonds is 6. The molecule has 0 amide bonds. The number of hydrogen-bond donors (Lipinski definition) is 0. The van der Waals surface area contributed by atoms with Crippen molar-refractivity contribution in [2.75, 3.05) is 13.7 Å². The summed E-state index contributed by atoms with van der Waals surface area (Å²) in [6.07, 6.45) is 0.655. The van der Waals surface area contributed by atoms with Crippen molar-refractivity contribution in [1.29, 1.82) is 0 Å². The molecule has 0 heterocycles. The topological polar surface area (TPSA) is 69.7 Å². The molecule has 0 radical (unpaired) electrons. The normalized spacial score (nSPS) is 11.1. The van der Waals surface area contributed by atoms with Crippen LogP contribution in [0, 0.1) is 0 Å². The minimum Gasteiger partial charge on any atom is -0.496 e. The average Bonchev–Trinajstić information content (AvgIpc) is 2.35. The van der Waals surface area contributed by atoms with E-state index < -0.39 is 15.0 Å². The number of hydrogen-bond acceptors (Lipinski definition) is 5. The Morgan fingerprint density at radius 3 is 2.58 bits per heavy atom. The molecular weight excluding hydrogens is 292 g/mol. The first-order valence-corrected chi connectivity index (χ1v) is 7.96. The van der Waals surface area contributed by atoms with Crippen LogP contribution < -0.4 is 4.74 Å². The number of ether oxygens (including phenoxy) is 2. The first kappa shape index (κ1) is 15.8. The molecule has 0 saturated heterocycles. The van der Waals surface area contributed by atoms with Gasteiger partial charge in [-0.3, -0.25) is 4.79 Å². The summed E-state index contributed by atoms with van der Waals surface area (Å²) >= 11 is 0. The zero-order valence-corrected chi connectivity index (χ0v) is 12.3. The quantitative estimate of drug-likeness (QED) is 0.595. The summed E-state index contributed by atoms with van der Waals surface area (Å²) in [5.74, 6) is -0.0261. The zero-order chi connectivity index (χ0) is 14.5. The minimum absolute atomic E-state index is 0.0660. The van der Waals surface area contributed by atoms with Gasteiger partial charge in [0.15, 0.2) is 0 Å². The van der Waals surface area contributed by atoms with Crippen molar-refractivity contribution in [3.63, 3.8) is 0 Å². The summed E-state index contributed by atoms with van der Waals surface area (Å²) < 4.78 is 32.5. The Morgan fingerprint density at radius 1 is 1.37 bits per heavy atom. The zero-order valence-electron chi connectivity index (χ0n) is 10.7. The fourth-order valence-electron chi connectivity index (χ4n) is 1.47. The first-order chi connectivity index (χ1) is 8.88. The van der Waals surface area contributed by atoms with Gasteiger partial charge in [-0.05, 0) is 24.6 Å². The van der Waals surface area contributed by atoms with Gasteiger partial charge in [0.05, 0.1) is 25.0 Å². The highest BCUT2D eigenvalue weighted by Gasteiger charge is 2.16. The maximum Gasteiger partial charge on any atom is 0.310 e. The second-order valence-electron chi connectivity index (χ2n) is 3.81. The Bertz CT molecular complexity index is 553. The van der Waals surface area contributed by atoms with Gasteiger partial charge < -0.3 is 9.47 Å². The van der Waals surface area contributed by atoms with E-state index in [2.05, 4.69) is 0 Å². The summed E-state index contributed by atoms with van der Waals surface area (Å²) in [6.45, 7) is 2.21. The largest absolute Gasteiger partial charge is 0.496 e. The van der Waals surface area contributed by atoms with Gasteiger partial charge in [-0.2, -0.15) is 0 Å². The maximum atomic E-state index is 11.5. The Labute approximate surface area is 116 Å². The van der Waals surface area contributed by atoms with Crippen LogP contribution in [0.5, 0.6) is 5.75 Å². The Morgan fingerprint density at radius 2 is 2.05 bits per heavy atom. The Balaban J connectivity index is 3.00. The lowest BCUT2D eigenvalue weighted by Crippen LogP contribution is -2.10. The molecule has 0 aromatic heterocycles. The third-order valence-electron chi connectivity index (χ3n) is 2.34. The van der Waals surface area contributed by atoms with E-state index in [0.29, 0.717) is 17.9 Å². The number of esters is 1. The van der Waals surface area contributed by atoms with Gasteiger partial charge in [0, 0.05) is 16.2 Å². The number of carbonyl (C=O) groups excluding carboxylic acids is 1. The van der Waals surface area contributed by atoms with Crippen LogP contribution in [0.1, 0.15) is 18.9 Å². The standard InChI is InChI=1S/C12H15ClO5S/c1-3-6-18-12(14)8-9-7-10(19(13,15)16)4-5-11(9)17-2/h4-5,7H,3,6,8H2,1-2H3. The van der Waals surface area contributed by atoms with Crippen molar-refractivity contribution in [1.82, 2.24) is 0 Å². The lowest BCUT2D eigenvalue weighted by Gasteiger charge is -2.09. The third kappa shape index (κ3) is 4.72. The minimum atomic E-state index is -3.84. The van der Waals surface area contributed by atoms with Crippen LogP contribution in [-0.2, 0) is 25.0 Å². The monoisotopic (exact) mass is 306 g/mol. The summed E-state index contributed by atoms with van der Waals surface area (Å²) in [4.78, 5) is 11.5. The fraction of sp³-hybridized carbons (Fsp3) is 0.417. The number of carbonyl (C=O) groups is 1. The number of benzene rings is 1. The van der Waals surface area contributed by atoms with Gasteiger partial charge in [0.1, 0.15) is 5.75 Å². The van der Waals surface area contributed by atoms with Crippen LogP contribution in [0.2, 0.25) is 0 Å². The van der Waals surface area contributed by atoms with Crippen LogP contribution >= 0.6 is 10.7 Å². The van der Waals surface area contributed by atoms with Gasteiger partial charge in [-0.25, -0.2) is 8.42 Å². The SMILES string of the molecule is CCCOC(=O)Cc1cc(S(=O)(=O)Cl)ccc1OC. The maximum absolute atomic E-state index is 11.5. The summed E-state index contributed by atoms with van der Waals surface area (Å²) in [7, 11) is 2.86. The Hall–Kier alpha value is -1.27. The van der Waals surface area contributed by atoms with Gasteiger partial charge in [0.25, 0.3) is 9.05 Å². The Kier molecular flexibility index (Phi) is 5.62. The molecule has 5 nitrogen and oxygen atoms in total. The number of methoxy groups -OCH3 is 1. The molecule has 0 atom stereocenters. The van der Waals surface area contributed by atoms with E-state index in [0.717, 1.165) is 6.42 Å². The van der Waals surface area contributed by atoms with E-state index in [1.807, 2.05) is 6.92 Å². The van der Waals surface area contributed by atoms with Gasteiger partial charge in [0.2, 0.25) is 0 Å². The predicted octanol–water partition coefficient (Wildman–Crippen LogP) is 2.12. The molecular formula is C12H15ClO5S. The van der Waals surface area contributed by atoms with Crippen molar-refractivity contribution in [3.05, 3.63) is 23.8 Å². The number of halogens is 1. The lowest BCUT2D eigenvalue weighted by molar-refractivity contribution is -0.142. The van der Waals surface area contributed by atoms with Crippen molar-refractivity contribution >= 4 is 25.7 Å². The van der Waals surface area contributed by atoms with Crippen LogP contribution in [0.3, 0.4) is 0 Å². The fourth-order valence-corrected chi connectivity index (χ4v) is 2.27. The molecule has 0 bridgehead atoms. The molecule has 0 aliphatic carbocycles. The molecule has 0 saturated carbocycles. The summed E-state index contributed by atoms with van der Waals surface area (Å²) in [5.41, 5.74) is 0.422. The van der Waals surface area contributed by atoms with Gasteiger partial charge >= 0.3 is 5.97 Å². The second-order valence-corrected chi connectivity index (χ2v) is 6.37. The van der Waals surface area contributed by atoms with Crippen LogP contribution in [-0.4, -0.2) is 28.1 Å². The van der Waals surface area contributed by atoms with Gasteiger partial charge in [-0.1, -0.05) is 6.92 Å². The summed E-state index contributed by atoms with van der Waals surface area (Å²) in [5, 5.41) is 0. The average molecular weight is 307 g/mol. The highest BCUT2D eigenvalue weighted by molar-refractivity contribution is 8.13. The molecule has 1 aromatic carbocycles. The molecule has 106 valence electrons. The van der Waals surface area contributed by atoms with Gasteiger partial charge in [-0.15, -0.1) is 0 Å². The highest BCUT2D eigenvalue weighted by atomic mass is 35.7. The molecule has 1 rings (SSSR count). The van der Waals surface area contributed by atoms with E-state index >= 15 is 0 Å². The molecule has 0 aliphatic rings. The van der Waals surface area contributed by atoms with E-state index in [9.17, 15) is 13.2 Å². The summed E-state index contributed by atoms with van der Waals surface area (Å²) in [6, 6.07) is 4.09. The lowest BCUT2D eigenvalue weighted by atomic mass is 10.1. The van der Waals surface area contributed by atoms with Crippen LogP contribution in [0.25, 0.3) is 0 Å². The molecule has 0 spiro atoms. The van der Waals surface area contributed by atoms with E-state index in [-0.39, 0.29) is 11.3 Å². The highest BCUT2D eigenvalue weighted by Crippen LogP contribution is 2.25. The molecule has 1 aromatic rings. The van der Waals surface area contributed by atoms with Crippen LogP contribution in [0.15, 0.2) is 23.1 Å². The predicted molar refractivity (Wildman–Crippen MR) is 71.0 cm³/mol. The van der Waals surface area contributed by atoms with Crippen molar-refractivity contribution < 1.29 is 22.7 Å². The van der Waals surface area contributed by atoms with Crippen molar-refractivity contribution in [2.24, 2.45) is 0 Å². The molecule has 0 fully saturated rings. The van der Waals surface area contributed by atoms with Crippen LogP contribution in [0.4, 0.5) is 0 Å². The third-order valence-corrected chi connectivity index (χ3v) is 3.69. The molecule has 19 heavy (non-hydrogen) atoms. The van der Waals surface area contributed by atoms with Crippen molar-refractivity contribution in [2.45, 2.75) is 24.7 Å².